The zero-order valence-corrected chi connectivity index (χ0v) is 11.9. The molecular formula is C13H19N3O4. The van der Waals surface area contributed by atoms with Crippen molar-refractivity contribution < 1.29 is 19.4 Å². The Bertz CT molecular complexity index is 526. The molecule has 0 saturated carbocycles. The third kappa shape index (κ3) is 2.40. The van der Waals surface area contributed by atoms with Gasteiger partial charge >= 0.3 is 5.97 Å². The first-order valence-electron chi connectivity index (χ1n) is 6.47. The van der Waals surface area contributed by atoms with Gasteiger partial charge in [-0.25, -0.2) is 0 Å². The molecule has 0 spiro atoms. The molecule has 20 heavy (non-hydrogen) atoms. The lowest BCUT2D eigenvalue weighted by Crippen LogP contribution is -2.33. The normalized spacial score (nSPS) is 22.6. The zero-order chi connectivity index (χ0) is 14.9. The summed E-state index contributed by atoms with van der Waals surface area (Å²) in [6.45, 7) is 2.64. The van der Waals surface area contributed by atoms with Crippen LogP contribution in [0.5, 0.6) is 0 Å². The summed E-state index contributed by atoms with van der Waals surface area (Å²) in [5, 5.41) is 13.5. The number of hydrogen-bond donors (Lipinski definition) is 1. The van der Waals surface area contributed by atoms with Crippen LogP contribution in [0, 0.1) is 12.8 Å². The van der Waals surface area contributed by atoms with Gasteiger partial charge in [-0.2, -0.15) is 5.10 Å². The SMILES string of the molecule is COCCN1C(=O)C[C@H](C(=O)O)[C@H]1c1cnn(C)c1C. The third-order valence-corrected chi connectivity index (χ3v) is 3.88. The van der Waals surface area contributed by atoms with Gasteiger partial charge in [0.2, 0.25) is 5.91 Å². The summed E-state index contributed by atoms with van der Waals surface area (Å²) in [5.74, 6) is -1.84. The monoisotopic (exact) mass is 281 g/mol. The van der Waals surface area contributed by atoms with Crippen molar-refractivity contribution in [3.05, 3.63) is 17.5 Å². The third-order valence-electron chi connectivity index (χ3n) is 3.88. The van der Waals surface area contributed by atoms with Gasteiger partial charge in [-0.3, -0.25) is 14.3 Å². The fourth-order valence-electron chi connectivity index (χ4n) is 2.66. The second kappa shape index (κ2) is 5.62. The molecule has 0 bridgehead atoms. The molecule has 1 aliphatic heterocycles. The standard InChI is InChI=1S/C13H19N3O4/c1-8-10(7-14-15(8)2)12-9(13(18)19)6-11(17)16(12)4-5-20-3/h7,9,12H,4-6H2,1-3H3,(H,18,19)/t9-,12-/m0/s1. The quantitative estimate of drug-likeness (QED) is 0.841. The number of methoxy groups -OCH3 is 1. The molecule has 1 saturated heterocycles. The minimum Gasteiger partial charge on any atom is -0.481 e. The Morgan fingerprint density at radius 1 is 1.60 bits per heavy atom. The van der Waals surface area contributed by atoms with E-state index in [2.05, 4.69) is 5.10 Å². The van der Waals surface area contributed by atoms with Crippen molar-refractivity contribution in [2.24, 2.45) is 13.0 Å². The number of hydrogen-bond acceptors (Lipinski definition) is 4. The van der Waals surface area contributed by atoms with E-state index in [4.69, 9.17) is 4.74 Å². The van der Waals surface area contributed by atoms with Crippen LogP contribution in [0.4, 0.5) is 0 Å². The van der Waals surface area contributed by atoms with E-state index in [0.717, 1.165) is 11.3 Å². The molecule has 0 unspecified atom stereocenters. The van der Waals surface area contributed by atoms with E-state index in [9.17, 15) is 14.7 Å². The van der Waals surface area contributed by atoms with Gasteiger partial charge in [-0.05, 0) is 6.92 Å². The summed E-state index contributed by atoms with van der Waals surface area (Å²) >= 11 is 0. The molecule has 1 aromatic rings. The molecule has 7 heteroatoms. The Balaban J connectivity index is 2.38. The first-order valence-corrected chi connectivity index (χ1v) is 6.47. The highest BCUT2D eigenvalue weighted by atomic mass is 16.5. The summed E-state index contributed by atoms with van der Waals surface area (Å²) < 4.78 is 6.69. The Morgan fingerprint density at radius 3 is 2.80 bits per heavy atom. The molecule has 2 heterocycles. The summed E-state index contributed by atoms with van der Waals surface area (Å²) in [6, 6.07) is -0.469. The minimum absolute atomic E-state index is 0.0258. The molecule has 1 aliphatic rings. The van der Waals surface area contributed by atoms with Crippen LogP contribution in [0.3, 0.4) is 0 Å². The molecule has 2 atom stereocenters. The van der Waals surface area contributed by atoms with Crippen LogP contribution in [0.15, 0.2) is 6.20 Å². The maximum Gasteiger partial charge on any atom is 0.309 e. The van der Waals surface area contributed by atoms with Crippen LogP contribution in [-0.2, 0) is 21.4 Å². The van der Waals surface area contributed by atoms with Crippen LogP contribution in [0.1, 0.15) is 23.7 Å². The molecule has 1 aromatic heterocycles. The second-order valence-corrected chi connectivity index (χ2v) is 4.98. The number of rotatable bonds is 5. The maximum absolute atomic E-state index is 12.1. The van der Waals surface area contributed by atoms with Gasteiger partial charge in [0.1, 0.15) is 0 Å². The predicted molar refractivity (Wildman–Crippen MR) is 70.0 cm³/mol. The van der Waals surface area contributed by atoms with Crippen LogP contribution in [0.25, 0.3) is 0 Å². The van der Waals surface area contributed by atoms with E-state index in [1.165, 1.54) is 0 Å². The lowest BCUT2D eigenvalue weighted by atomic mass is 9.94. The molecule has 110 valence electrons. The smallest absolute Gasteiger partial charge is 0.309 e. The summed E-state index contributed by atoms with van der Waals surface area (Å²) in [7, 11) is 3.35. The maximum atomic E-state index is 12.1. The second-order valence-electron chi connectivity index (χ2n) is 4.98. The molecular weight excluding hydrogens is 262 g/mol. The van der Waals surface area contributed by atoms with Gasteiger partial charge in [0.15, 0.2) is 0 Å². The number of carboxylic acid groups (broad SMARTS) is 1. The van der Waals surface area contributed by atoms with Crippen LogP contribution in [-0.4, -0.2) is 51.9 Å². The summed E-state index contributed by atoms with van der Waals surface area (Å²) in [4.78, 5) is 25.1. The van der Waals surface area contributed by atoms with E-state index in [1.54, 1.807) is 29.9 Å². The van der Waals surface area contributed by atoms with Gasteiger partial charge in [-0.1, -0.05) is 0 Å². The average molecular weight is 281 g/mol. The van der Waals surface area contributed by atoms with Crippen LogP contribution >= 0.6 is 0 Å². The molecule has 0 radical (unpaired) electrons. The predicted octanol–water partition coefficient (Wildman–Crippen LogP) is 0.349. The van der Waals surface area contributed by atoms with Crippen molar-refractivity contribution >= 4 is 11.9 Å². The van der Waals surface area contributed by atoms with Crippen molar-refractivity contribution in [2.75, 3.05) is 20.3 Å². The Hall–Kier alpha value is -1.89. The van der Waals surface area contributed by atoms with E-state index in [1.807, 2.05) is 6.92 Å². The van der Waals surface area contributed by atoms with E-state index < -0.39 is 17.9 Å². The first kappa shape index (κ1) is 14.5. The fraction of sp³-hybridized carbons (Fsp3) is 0.615. The van der Waals surface area contributed by atoms with Crippen LogP contribution < -0.4 is 0 Å². The summed E-state index contributed by atoms with van der Waals surface area (Å²) in [5.41, 5.74) is 1.67. The van der Waals surface area contributed by atoms with E-state index in [-0.39, 0.29) is 12.3 Å². The molecule has 7 nitrogen and oxygen atoms in total. The number of aliphatic carboxylic acids is 1. The Kier molecular flexibility index (Phi) is 4.08. The lowest BCUT2D eigenvalue weighted by Gasteiger charge is -2.26. The van der Waals surface area contributed by atoms with Gasteiger partial charge < -0.3 is 14.7 Å². The van der Waals surface area contributed by atoms with Crippen molar-refractivity contribution in [3.63, 3.8) is 0 Å². The molecule has 2 rings (SSSR count). The molecule has 1 fully saturated rings. The zero-order valence-electron chi connectivity index (χ0n) is 11.9. The first-order chi connectivity index (χ1) is 9.47. The van der Waals surface area contributed by atoms with Gasteiger partial charge in [-0.15, -0.1) is 0 Å². The Morgan fingerprint density at radius 2 is 2.30 bits per heavy atom. The summed E-state index contributed by atoms with van der Waals surface area (Å²) in [6.07, 6.45) is 1.67. The molecule has 1 N–H and O–H groups in total. The number of likely N-dealkylation sites (tertiary alicyclic amines) is 1. The number of carboxylic acids is 1. The number of ether oxygens (including phenoxy) is 1. The largest absolute Gasteiger partial charge is 0.481 e. The highest BCUT2D eigenvalue weighted by Crippen LogP contribution is 2.39. The lowest BCUT2D eigenvalue weighted by molar-refractivity contribution is -0.142. The number of carbonyl (C=O) groups excluding carboxylic acids is 1. The molecule has 1 amide bonds. The van der Waals surface area contributed by atoms with Crippen molar-refractivity contribution in [3.8, 4) is 0 Å². The number of aryl methyl sites for hydroxylation is 1. The fourth-order valence-corrected chi connectivity index (χ4v) is 2.66. The van der Waals surface area contributed by atoms with Gasteiger partial charge in [0.05, 0.1) is 24.8 Å². The Labute approximate surface area is 117 Å². The number of amides is 1. The van der Waals surface area contributed by atoms with Gasteiger partial charge in [0, 0.05) is 38.4 Å². The van der Waals surface area contributed by atoms with E-state index >= 15 is 0 Å². The van der Waals surface area contributed by atoms with E-state index in [0.29, 0.717) is 13.2 Å². The van der Waals surface area contributed by atoms with Crippen molar-refractivity contribution in [1.29, 1.82) is 0 Å². The van der Waals surface area contributed by atoms with Crippen LogP contribution in [0.2, 0.25) is 0 Å². The topological polar surface area (TPSA) is 84.7 Å². The van der Waals surface area contributed by atoms with Crippen molar-refractivity contribution in [1.82, 2.24) is 14.7 Å². The number of aromatic nitrogens is 2. The molecule has 0 aliphatic carbocycles. The molecule has 0 aromatic carbocycles. The minimum atomic E-state index is -0.952. The van der Waals surface area contributed by atoms with Gasteiger partial charge in [0.25, 0.3) is 0 Å². The highest BCUT2D eigenvalue weighted by molar-refractivity contribution is 5.87. The average Bonchev–Trinajstić information content (AvgIpc) is 2.89. The van der Waals surface area contributed by atoms with Crippen molar-refractivity contribution in [2.45, 2.75) is 19.4 Å². The number of carbonyl (C=O) groups is 2. The highest BCUT2D eigenvalue weighted by Gasteiger charge is 2.45. The number of nitrogens with zero attached hydrogens (tertiary/aromatic N) is 3.